The van der Waals surface area contributed by atoms with Gasteiger partial charge < -0.3 is 4.90 Å². The monoisotopic (exact) mass is 320 g/mol. The van der Waals surface area contributed by atoms with Crippen LogP contribution >= 0.6 is 0 Å². The quantitative estimate of drug-likeness (QED) is 0.698. The van der Waals surface area contributed by atoms with Crippen molar-refractivity contribution in [3.63, 3.8) is 0 Å². The number of para-hydroxylation sites is 1. The Morgan fingerprint density at radius 3 is 2.75 bits per heavy atom. The highest BCUT2D eigenvalue weighted by Crippen LogP contribution is 2.46. The molecule has 1 N–H and O–H groups in total. The number of benzene rings is 1. The molecular weight excluding hydrogens is 300 g/mol. The van der Waals surface area contributed by atoms with Crippen molar-refractivity contribution in [3.05, 3.63) is 71.7 Å². The Morgan fingerprint density at radius 2 is 2.04 bits per heavy atom. The fourth-order valence-corrected chi connectivity index (χ4v) is 3.07. The van der Waals surface area contributed by atoms with Crippen molar-refractivity contribution in [2.24, 2.45) is 5.10 Å². The summed E-state index contributed by atoms with van der Waals surface area (Å²) in [5, 5.41) is 4.02. The lowest BCUT2D eigenvalue weighted by molar-refractivity contribution is 0.0955. The zero-order valence-electron chi connectivity index (χ0n) is 14.0. The summed E-state index contributed by atoms with van der Waals surface area (Å²) in [6, 6.07) is 11.8. The maximum atomic E-state index is 11.9. The second kappa shape index (κ2) is 6.28. The van der Waals surface area contributed by atoms with Crippen LogP contribution in [-0.2, 0) is 5.41 Å². The smallest absolute Gasteiger partial charge is 0.272 e. The number of allylic oxidation sites excluding steroid dienone is 2. The molecule has 24 heavy (non-hydrogen) atoms. The van der Waals surface area contributed by atoms with Gasteiger partial charge in [-0.25, -0.2) is 5.43 Å². The zero-order valence-corrected chi connectivity index (χ0v) is 14.0. The number of carbonyl (C=O) groups is 1. The van der Waals surface area contributed by atoms with Gasteiger partial charge in [-0.2, -0.15) is 5.10 Å². The molecular formula is C19H20N4O. The predicted octanol–water partition coefficient (Wildman–Crippen LogP) is 3.11. The first kappa shape index (κ1) is 15.9. The molecule has 122 valence electrons. The van der Waals surface area contributed by atoms with Crippen LogP contribution in [0.2, 0.25) is 0 Å². The summed E-state index contributed by atoms with van der Waals surface area (Å²) in [6.07, 6.45) is 6.69. The molecule has 0 fully saturated rings. The highest BCUT2D eigenvalue weighted by molar-refractivity contribution is 5.94. The van der Waals surface area contributed by atoms with Gasteiger partial charge in [-0.05, 0) is 29.8 Å². The van der Waals surface area contributed by atoms with E-state index in [0.717, 1.165) is 5.70 Å². The van der Waals surface area contributed by atoms with Crippen LogP contribution < -0.4 is 10.3 Å². The molecule has 0 unspecified atom stereocenters. The third kappa shape index (κ3) is 2.80. The molecule has 0 atom stereocenters. The first-order chi connectivity index (χ1) is 11.5. The Balaban J connectivity index is 1.74. The van der Waals surface area contributed by atoms with Gasteiger partial charge in [0.15, 0.2) is 0 Å². The molecule has 1 aromatic carbocycles. The first-order valence-electron chi connectivity index (χ1n) is 7.79. The van der Waals surface area contributed by atoms with Gasteiger partial charge in [0.05, 0.1) is 5.56 Å². The van der Waals surface area contributed by atoms with Gasteiger partial charge in [0.2, 0.25) is 0 Å². The predicted molar refractivity (Wildman–Crippen MR) is 96.1 cm³/mol. The number of nitrogens with zero attached hydrogens (tertiary/aromatic N) is 3. The van der Waals surface area contributed by atoms with E-state index in [1.165, 1.54) is 17.4 Å². The van der Waals surface area contributed by atoms with Gasteiger partial charge in [0, 0.05) is 42.5 Å². The van der Waals surface area contributed by atoms with Gasteiger partial charge >= 0.3 is 0 Å². The summed E-state index contributed by atoms with van der Waals surface area (Å²) in [5.41, 5.74) is 6.49. The second-order valence-electron chi connectivity index (χ2n) is 6.21. The maximum Gasteiger partial charge on any atom is 0.272 e. The van der Waals surface area contributed by atoms with Gasteiger partial charge in [0.25, 0.3) is 5.91 Å². The fraction of sp³-hybridized carbons (Fsp3) is 0.211. The van der Waals surface area contributed by atoms with Crippen LogP contribution in [-0.4, -0.2) is 24.2 Å². The van der Waals surface area contributed by atoms with E-state index in [1.807, 2.05) is 19.2 Å². The van der Waals surface area contributed by atoms with Crippen molar-refractivity contribution in [2.45, 2.75) is 19.3 Å². The molecule has 5 heteroatoms. The SMILES string of the molecule is CN1/C(=C\C=N/NC(=O)c2cccnc2)C(C)(C)c2ccccc21. The lowest BCUT2D eigenvalue weighted by Gasteiger charge is -2.23. The Labute approximate surface area is 141 Å². The topological polar surface area (TPSA) is 57.6 Å². The van der Waals surface area contributed by atoms with E-state index in [-0.39, 0.29) is 11.3 Å². The minimum Gasteiger partial charge on any atom is -0.347 e. The highest BCUT2D eigenvalue weighted by Gasteiger charge is 2.37. The van der Waals surface area contributed by atoms with E-state index < -0.39 is 0 Å². The molecule has 1 aliphatic heterocycles. The number of nitrogens with one attached hydrogen (secondary N) is 1. The largest absolute Gasteiger partial charge is 0.347 e. The number of pyridine rings is 1. The Morgan fingerprint density at radius 1 is 1.25 bits per heavy atom. The molecule has 5 nitrogen and oxygen atoms in total. The van der Waals surface area contributed by atoms with Crippen LogP contribution in [0.1, 0.15) is 29.8 Å². The maximum absolute atomic E-state index is 11.9. The zero-order chi connectivity index (χ0) is 17.2. The van der Waals surface area contributed by atoms with Crippen LogP contribution in [0.5, 0.6) is 0 Å². The summed E-state index contributed by atoms with van der Waals surface area (Å²) in [6.45, 7) is 4.37. The summed E-state index contributed by atoms with van der Waals surface area (Å²) < 4.78 is 0. The van der Waals surface area contributed by atoms with E-state index in [4.69, 9.17) is 0 Å². The minimum atomic E-state index is -0.278. The van der Waals surface area contributed by atoms with Crippen molar-refractivity contribution < 1.29 is 4.79 Å². The fourth-order valence-electron chi connectivity index (χ4n) is 3.07. The van der Waals surface area contributed by atoms with Crippen LogP contribution in [0, 0.1) is 0 Å². The number of hydrogen-bond acceptors (Lipinski definition) is 4. The van der Waals surface area contributed by atoms with Crippen molar-refractivity contribution >= 4 is 17.8 Å². The molecule has 2 aromatic rings. The van der Waals surface area contributed by atoms with E-state index in [0.29, 0.717) is 5.56 Å². The van der Waals surface area contributed by atoms with Crippen molar-refractivity contribution in [1.29, 1.82) is 0 Å². The molecule has 0 radical (unpaired) electrons. The summed E-state index contributed by atoms with van der Waals surface area (Å²) >= 11 is 0. The number of fused-ring (bicyclic) bond motifs is 1. The third-order valence-corrected chi connectivity index (χ3v) is 4.34. The Kier molecular flexibility index (Phi) is 4.16. The van der Waals surface area contributed by atoms with E-state index >= 15 is 0 Å². The normalized spacial score (nSPS) is 17.3. The van der Waals surface area contributed by atoms with E-state index in [2.05, 4.69) is 52.5 Å². The number of amides is 1. The summed E-state index contributed by atoms with van der Waals surface area (Å²) in [7, 11) is 2.04. The van der Waals surface area contributed by atoms with E-state index in [9.17, 15) is 4.79 Å². The number of carbonyl (C=O) groups excluding carboxylic acids is 1. The third-order valence-electron chi connectivity index (χ3n) is 4.34. The average Bonchev–Trinajstić information content (AvgIpc) is 2.80. The van der Waals surface area contributed by atoms with Gasteiger partial charge in [-0.1, -0.05) is 32.0 Å². The molecule has 0 bridgehead atoms. The van der Waals surface area contributed by atoms with Crippen molar-refractivity contribution in [1.82, 2.24) is 10.4 Å². The highest BCUT2D eigenvalue weighted by atomic mass is 16.2. The van der Waals surface area contributed by atoms with Crippen LogP contribution in [0.3, 0.4) is 0 Å². The number of likely N-dealkylation sites (N-methyl/N-ethyl adjacent to an activating group) is 1. The number of aromatic nitrogens is 1. The van der Waals surface area contributed by atoms with Crippen LogP contribution in [0.4, 0.5) is 5.69 Å². The second-order valence-corrected chi connectivity index (χ2v) is 6.21. The molecule has 0 spiro atoms. The van der Waals surface area contributed by atoms with Crippen LogP contribution in [0.15, 0.2) is 65.7 Å². The number of rotatable bonds is 3. The van der Waals surface area contributed by atoms with Gasteiger partial charge in [0.1, 0.15) is 0 Å². The van der Waals surface area contributed by atoms with Crippen LogP contribution in [0.25, 0.3) is 0 Å². The van der Waals surface area contributed by atoms with Gasteiger partial charge in [-0.3, -0.25) is 9.78 Å². The molecule has 0 aliphatic carbocycles. The lowest BCUT2D eigenvalue weighted by Crippen LogP contribution is -2.23. The molecule has 3 rings (SSSR count). The number of hydrogen-bond donors (Lipinski definition) is 1. The lowest BCUT2D eigenvalue weighted by atomic mass is 9.84. The molecule has 0 saturated heterocycles. The van der Waals surface area contributed by atoms with Crippen molar-refractivity contribution in [3.8, 4) is 0 Å². The van der Waals surface area contributed by atoms with Crippen molar-refractivity contribution in [2.75, 3.05) is 11.9 Å². The molecule has 1 amide bonds. The first-order valence-corrected chi connectivity index (χ1v) is 7.79. The molecule has 2 heterocycles. The van der Waals surface area contributed by atoms with E-state index in [1.54, 1.807) is 24.5 Å². The Hall–Kier alpha value is -2.95. The van der Waals surface area contributed by atoms with Gasteiger partial charge in [-0.15, -0.1) is 0 Å². The number of anilines is 1. The standard InChI is InChI=1S/C19H20N4O/c1-19(2)15-8-4-5-9-16(15)23(3)17(19)10-12-21-22-18(24)14-7-6-11-20-13-14/h4-13H,1-3H3,(H,22,24)/b17-10-,21-12-. The minimum absolute atomic E-state index is 0.106. The Bertz CT molecular complexity index is 809. The molecule has 1 aromatic heterocycles. The molecule has 1 aliphatic rings. The summed E-state index contributed by atoms with van der Waals surface area (Å²) in [5.74, 6) is -0.278. The molecule has 0 saturated carbocycles. The summed E-state index contributed by atoms with van der Waals surface area (Å²) in [4.78, 5) is 18.0. The average molecular weight is 320 g/mol. The number of hydrazone groups is 1.